The standard InChI is InChI=1S/C9H13NO6/c1-3-10-8(14)15-4-9(2)6(12)5(11)7(13)16-9/h11-12H,3-4H2,1-2H3,(H,10,14). The van der Waals surface area contributed by atoms with Gasteiger partial charge in [0, 0.05) is 6.54 Å². The van der Waals surface area contributed by atoms with E-state index in [9.17, 15) is 14.7 Å². The summed E-state index contributed by atoms with van der Waals surface area (Å²) in [6.07, 6.45) is -0.695. The minimum Gasteiger partial charge on any atom is -0.505 e. The second-order valence-electron chi connectivity index (χ2n) is 3.42. The zero-order chi connectivity index (χ0) is 12.3. The molecule has 0 fully saturated rings. The Balaban J connectivity index is 2.61. The Hall–Kier alpha value is -1.92. The Morgan fingerprint density at radius 2 is 2.19 bits per heavy atom. The van der Waals surface area contributed by atoms with Crippen LogP contribution in [0.2, 0.25) is 0 Å². The van der Waals surface area contributed by atoms with Gasteiger partial charge in [-0.05, 0) is 13.8 Å². The van der Waals surface area contributed by atoms with Gasteiger partial charge in [0.1, 0.15) is 6.61 Å². The first-order chi connectivity index (χ1) is 7.40. The summed E-state index contributed by atoms with van der Waals surface area (Å²) in [5.41, 5.74) is -1.52. The summed E-state index contributed by atoms with van der Waals surface area (Å²) in [5.74, 6) is -2.54. The Morgan fingerprint density at radius 1 is 1.56 bits per heavy atom. The van der Waals surface area contributed by atoms with Crippen LogP contribution in [0.5, 0.6) is 0 Å². The summed E-state index contributed by atoms with van der Waals surface area (Å²) in [7, 11) is 0. The maximum atomic E-state index is 11.0. The van der Waals surface area contributed by atoms with Crippen molar-refractivity contribution in [1.29, 1.82) is 0 Å². The van der Waals surface area contributed by atoms with Crippen molar-refractivity contribution in [2.75, 3.05) is 13.2 Å². The summed E-state index contributed by atoms with van der Waals surface area (Å²) in [5, 5.41) is 20.8. The molecule has 0 aromatic heterocycles. The van der Waals surface area contributed by atoms with E-state index < -0.39 is 29.2 Å². The smallest absolute Gasteiger partial charge is 0.407 e. The van der Waals surface area contributed by atoms with Crippen molar-refractivity contribution >= 4 is 12.1 Å². The van der Waals surface area contributed by atoms with Gasteiger partial charge in [-0.2, -0.15) is 0 Å². The van der Waals surface area contributed by atoms with Crippen molar-refractivity contribution in [1.82, 2.24) is 5.32 Å². The third kappa shape index (κ3) is 2.18. The number of carbonyl (C=O) groups excluding carboxylic acids is 2. The molecule has 0 saturated carbocycles. The van der Waals surface area contributed by atoms with Crippen molar-refractivity contribution in [3.05, 3.63) is 11.5 Å². The molecule has 1 rings (SSSR count). The number of aliphatic hydroxyl groups is 2. The van der Waals surface area contributed by atoms with Gasteiger partial charge >= 0.3 is 12.1 Å². The number of carbonyl (C=O) groups is 2. The monoisotopic (exact) mass is 231 g/mol. The van der Waals surface area contributed by atoms with Crippen LogP contribution in [0, 0.1) is 0 Å². The van der Waals surface area contributed by atoms with Crippen LogP contribution < -0.4 is 5.32 Å². The first kappa shape index (κ1) is 12.2. The van der Waals surface area contributed by atoms with Crippen molar-refractivity contribution in [2.45, 2.75) is 19.4 Å². The van der Waals surface area contributed by atoms with Crippen LogP contribution in [0.3, 0.4) is 0 Å². The summed E-state index contributed by atoms with van der Waals surface area (Å²) in [6.45, 7) is 3.05. The number of hydrogen-bond donors (Lipinski definition) is 3. The summed E-state index contributed by atoms with van der Waals surface area (Å²) in [4.78, 5) is 21.9. The number of esters is 1. The largest absolute Gasteiger partial charge is 0.505 e. The highest BCUT2D eigenvalue weighted by molar-refractivity contribution is 5.89. The van der Waals surface area contributed by atoms with Crippen LogP contribution >= 0.6 is 0 Å². The molecule has 7 nitrogen and oxygen atoms in total. The topological polar surface area (TPSA) is 105 Å². The molecule has 90 valence electrons. The van der Waals surface area contributed by atoms with Gasteiger partial charge in [0.2, 0.25) is 11.4 Å². The van der Waals surface area contributed by atoms with Crippen LogP contribution in [0.4, 0.5) is 4.79 Å². The molecule has 0 radical (unpaired) electrons. The van der Waals surface area contributed by atoms with E-state index in [0.717, 1.165) is 0 Å². The molecule has 0 saturated heterocycles. The van der Waals surface area contributed by atoms with E-state index >= 15 is 0 Å². The molecule has 16 heavy (non-hydrogen) atoms. The Morgan fingerprint density at radius 3 is 2.62 bits per heavy atom. The number of ether oxygens (including phenoxy) is 2. The molecule has 0 bridgehead atoms. The van der Waals surface area contributed by atoms with Gasteiger partial charge in [-0.15, -0.1) is 0 Å². The van der Waals surface area contributed by atoms with E-state index in [1.54, 1.807) is 6.92 Å². The molecular formula is C9H13NO6. The van der Waals surface area contributed by atoms with Gasteiger partial charge < -0.3 is 25.0 Å². The summed E-state index contributed by atoms with van der Waals surface area (Å²) >= 11 is 0. The molecule has 1 unspecified atom stereocenters. The second kappa shape index (κ2) is 4.30. The Bertz CT molecular complexity index is 350. The fourth-order valence-corrected chi connectivity index (χ4v) is 1.14. The van der Waals surface area contributed by atoms with Crippen LogP contribution in [0.25, 0.3) is 0 Å². The maximum Gasteiger partial charge on any atom is 0.407 e. The highest BCUT2D eigenvalue weighted by Crippen LogP contribution is 2.29. The van der Waals surface area contributed by atoms with Crippen LogP contribution in [-0.2, 0) is 14.3 Å². The third-order valence-corrected chi connectivity index (χ3v) is 2.04. The lowest BCUT2D eigenvalue weighted by atomic mass is 10.1. The first-order valence-corrected chi connectivity index (χ1v) is 4.67. The zero-order valence-electron chi connectivity index (χ0n) is 8.94. The molecule has 1 heterocycles. The van der Waals surface area contributed by atoms with E-state index in [2.05, 4.69) is 10.1 Å². The third-order valence-electron chi connectivity index (χ3n) is 2.04. The van der Waals surface area contributed by atoms with Gasteiger partial charge in [0.15, 0.2) is 5.76 Å². The minimum atomic E-state index is -1.52. The van der Waals surface area contributed by atoms with E-state index in [1.807, 2.05) is 0 Å². The average Bonchev–Trinajstić information content (AvgIpc) is 2.42. The van der Waals surface area contributed by atoms with Crippen molar-refractivity contribution < 1.29 is 29.3 Å². The SMILES string of the molecule is CCNC(=O)OCC1(C)OC(=O)C(O)=C1O. The highest BCUT2D eigenvalue weighted by Gasteiger charge is 2.46. The summed E-state index contributed by atoms with van der Waals surface area (Å²) < 4.78 is 9.39. The molecular weight excluding hydrogens is 218 g/mol. The van der Waals surface area contributed by atoms with Gasteiger partial charge in [-0.25, -0.2) is 9.59 Å². The van der Waals surface area contributed by atoms with E-state index in [0.29, 0.717) is 6.54 Å². The molecule has 0 aliphatic carbocycles. The molecule has 0 spiro atoms. The van der Waals surface area contributed by atoms with Gasteiger partial charge in [-0.1, -0.05) is 0 Å². The lowest BCUT2D eigenvalue weighted by molar-refractivity contribution is -0.151. The molecule has 0 aromatic rings. The number of hydrogen-bond acceptors (Lipinski definition) is 6. The normalized spacial score (nSPS) is 24.2. The quantitative estimate of drug-likeness (QED) is 0.606. The van der Waals surface area contributed by atoms with Crippen molar-refractivity contribution in [3.63, 3.8) is 0 Å². The van der Waals surface area contributed by atoms with E-state index in [4.69, 9.17) is 9.84 Å². The zero-order valence-corrected chi connectivity index (χ0v) is 8.94. The number of amides is 1. The highest BCUT2D eigenvalue weighted by atomic mass is 16.6. The molecule has 1 atom stereocenters. The lowest BCUT2D eigenvalue weighted by Crippen LogP contribution is -2.37. The van der Waals surface area contributed by atoms with Crippen LogP contribution in [0.15, 0.2) is 11.5 Å². The van der Waals surface area contributed by atoms with Gasteiger partial charge in [-0.3, -0.25) is 0 Å². The van der Waals surface area contributed by atoms with Crippen LogP contribution in [-0.4, -0.2) is 41.0 Å². The molecule has 3 N–H and O–H groups in total. The lowest BCUT2D eigenvalue weighted by Gasteiger charge is -2.22. The maximum absolute atomic E-state index is 11.0. The average molecular weight is 231 g/mol. The number of aliphatic hydroxyl groups excluding tert-OH is 2. The molecule has 1 aliphatic rings. The summed E-state index contributed by atoms with van der Waals surface area (Å²) in [6, 6.07) is 0. The predicted octanol–water partition coefficient (Wildman–Crippen LogP) is 0.376. The second-order valence-corrected chi connectivity index (χ2v) is 3.42. The molecule has 0 aromatic carbocycles. The predicted molar refractivity (Wildman–Crippen MR) is 51.8 cm³/mol. The fourth-order valence-electron chi connectivity index (χ4n) is 1.14. The van der Waals surface area contributed by atoms with Gasteiger partial charge in [0.05, 0.1) is 0 Å². The fraction of sp³-hybridized carbons (Fsp3) is 0.556. The van der Waals surface area contributed by atoms with Crippen molar-refractivity contribution in [3.8, 4) is 0 Å². The molecule has 1 aliphatic heterocycles. The van der Waals surface area contributed by atoms with Crippen LogP contribution in [0.1, 0.15) is 13.8 Å². The number of cyclic esters (lactones) is 1. The Kier molecular flexibility index (Phi) is 3.26. The minimum absolute atomic E-state index is 0.375. The first-order valence-electron chi connectivity index (χ1n) is 4.67. The number of alkyl carbamates (subject to hydrolysis) is 1. The van der Waals surface area contributed by atoms with Crippen molar-refractivity contribution in [2.24, 2.45) is 0 Å². The van der Waals surface area contributed by atoms with E-state index in [1.165, 1.54) is 6.92 Å². The molecule has 1 amide bonds. The van der Waals surface area contributed by atoms with Gasteiger partial charge in [0.25, 0.3) is 0 Å². The molecule has 7 heteroatoms. The van der Waals surface area contributed by atoms with E-state index in [-0.39, 0.29) is 6.61 Å². The Labute approximate surface area is 91.7 Å². The number of nitrogens with one attached hydrogen (secondary N) is 1. The number of rotatable bonds is 3.